The predicted molar refractivity (Wildman–Crippen MR) is 74.3 cm³/mol. The molecule has 1 rings (SSSR count). The van der Waals surface area contributed by atoms with Crippen molar-refractivity contribution in [2.24, 2.45) is 0 Å². The van der Waals surface area contributed by atoms with Gasteiger partial charge in [0.2, 0.25) is 0 Å². The molecule has 0 aliphatic heterocycles. The van der Waals surface area contributed by atoms with Crippen LogP contribution in [0.4, 0.5) is 0 Å². The van der Waals surface area contributed by atoms with Gasteiger partial charge in [0.25, 0.3) is 0 Å². The number of halogens is 1. The standard InChI is InChI=1S/C14H27BrO/c1-3-4-5-6-9-12(2)16-14-11-8-7-10-13(14)15/h12-14H,3-11H2,1-2H3. The van der Waals surface area contributed by atoms with Crippen molar-refractivity contribution in [2.45, 2.75) is 88.7 Å². The second-order valence-corrected chi connectivity index (χ2v) is 6.31. The van der Waals surface area contributed by atoms with Gasteiger partial charge in [-0.25, -0.2) is 0 Å². The van der Waals surface area contributed by atoms with Crippen molar-refractivity contribution in [3.05, 3.63) is 0 Å². The molecule has 0 N–H and O–H groups in total. The zero-order valence-corrected chi connectivity index (χ0v) is 12.5. The summed E-state index contributed by atoms with van der Waals surface area (Å²) in [6, 6.07) is 0. The summed E-state index contributed by atoms with van der Waals surface area (Å²) in [5.74, 6) is 0. The predicted octanol–water partition coefficient (Wildman–Crippen LogP) is 5.07. The third-order valence-electron chi connectivity index (χ3n) is 3.49. The normalized spacial score (nSPS) is 27.9. The van der Waals surface area contributed by atoms with Crippen LogP contribution < -0.4 is 0 Å². The Hall–Kier alpha value is 0.440. The molecule has 0 radical (unpaired) electrons. The Morgan fingerprint density at radius 2 is 1.94 bits per heavy atom. The molecule has 0 amide bonds. The summed E-state index contributed by atoms with van der Waals surface area (Å²) in [6.07, 6.45) is 12.8. The summed E-state index contributed by atoms with van der Waals surface area (Å²) >= 11 is 3.75. The fourth-order valence-electron chi connectivity index (χ4n) is 2.43. The quantitative estimate of drug-likeness (QED) is 0.470. The van der Waals surface area contributed by atoms with Crippen molar-refractivity contribution in [3.63, 3.8) is 0 Å². The summed E-state index contributed by atoms with van der Waals surface area (Å²) < 4.78 is 6.14. The Bertz CT molecular complexity index is 172. The van der Waals surface area contributed by atoms with Crippen LogP contribution in [-0.2, 0) is 4.74 Å². The van der Waals surface area contributed by atoms with Crippen LogP contribution in [0.5, 0.6) is 0 Å². The molecule has 1 aliphatic carbocycles. The van der Waals surface area contributed by atoms with Crippen molar-refractivity contribution < 1.29 is 4.74 Å². The van der Waals surface area contributed by atoms with Gasteiger partial charge in [-0.2, -0.15) is 0 Å². The zero-order valence-electron chi connectivity index (χ0n) is 10.9. The van der Waals surface area contributed by atoms with E-state index in [0.717, 1.165) is 0 Å². The van der Waals surface area contributed by atoms with Gasteiger partial charge >= 0.3 is 0 Å². The van der Waals surface area contributed by atoms with E-state index >= 15 is 0 Å². The van der Waals surface area contributed by atoms with E-state index in [9.17, 15) is 0 Å². The minimum atomic E-state index is 0.444. The maximum Gasteiger partial charge on any atom is 0.0703 e. The van der Waals surface area contributed by atoms with E-state index in [1.54, 1.807) is 0 Å². The number of hydrogen-bond donors (Lipinski definition) is 0. The lowest BCUT2D eigenvalue weighted by atomic mass is 9.97. The molecule has 0 heterocycles. The fourth-order valence-corrected chi connectivity index (χ4v) is 3.14. The molecule has 2 heteroatoms. The topological polar surface area (TPSA) is 9.23 Å². The van der Waals surface area contributed by atoms with Gasteiger partial charge in [-0.15, -0.1) is 0 Å². The maximum atomic E-state index is 6.14. The second-order valence-electron chi connectivity index (χ2n) is 5.13. The average molecular weight is 291 g/mol. The van der Waals surface area contributed by atoms with E-state index in [2.05, 4.69) is 29.8 Å². The van der Waals surface area contributed by atoms with Gasteiger partial charge < -0.3 is 4.74 Å². The van der Waals surface area contributed by atoms with Gasteiger partial charge in [0.05, 0.1) is 12.2 Å². The molecule has 3 unspecified atom stereocenters. The molecule has 1 aliphatic rings. The van der Waals surface area contributed by atoms with Gasteiger partial charge in [0.1, 0.15) is 0 Å². The zero-order chi connectivity index (χ0) is 11.8. The number of unbranched alkanes of at least 4 members (excludes halogenated alkanes) is 3. The average Bonchev–Trinajstić information content (AvgIpc) is 2.28. The van der Waals surface area contributed by atoms with Gasteiger partial charge in [-0.3, -0.25) is 0 Å². The Morgan fingerprint density at radius 3 is 2.62 bits per heavy atom. The second kappa shape index (κ2) is 8.52. The van der Waals surface area contributed by atoms with Crippen molar-refractivity contribution in [2.75, 3.05) is 0 Å². The van der Waals surface area contributed by atoms with Crippen molar-refractivity contribution >= 4 is 15.9 Å². The van der Waals surface area contributed by atoms with Crippen LogP contribution in [-0.4, -0.2) is 17.0 Å². The molecule has 96 valence electrons. The van der Waals surface area contributed by atoms with Crippen LogP contribution in [0.25, 0.3) is 0 Å². The molecular weight excluding hydrogens is 264 g/mol. The smallest absolute Gasteiger partial charge is 0.0703 e. The Kier molecular flexibility index (Phi) is 7.72. The monoisotopic (exact) mass is 290 g/mol. The van der Waals surface area contributed by atoms with Crippen molar-refractivity contribution in [3.8, 4) is 0 Å². The van der Waals surface area contributed by atoms with E-state index in [4.69, 9.17) is 4.74 Å². The summed E-state index contributed by atoms with van der Waals surface area (Å²) in [5.41, 5.74) is 0. The molecule has 0 aromatic carbocycles. The van der Waals surface area contributed by atoms with Gasteiger partial charge in [-0.05, 0) is 26.2 Å². The summed E-state index contributed by atoms with van der Waals surface area (Å²) in [6.45, 7) is 4.50. The molecule has 3 atom stereocenters. The largest absolute Gasteiger partial charge is 0.374 e. The van der Waals surface area contributed by atoms with E-state index in [-0.39, 0.29) is 0 Å². The Morgan fingerprint density at radius 1 is 1.19 bits per heavy atom. The Balaban J connectivity index is 2.09. The highest BCUT2D eigenvalue weighted by atomic mass is 79.9. The molecule has 1 fully saturated rings. The molecule has 0 bridgehead atoms. The van der Waals surface area contributed by atoms with E-state index in [1.807, 2.05) is 0 Å². The highest BCUT2D eigenvalue weighted by Crippen LogP contribution is 2.28. The lowest BCUT2D eigenvalue weighted by Gasteiger charge is -2.30. The van der Waals surface area contributed by atoms with E-state index in [0.29, 0.717) is 17.0 Å². The highest BCUT2D eigenvalue weighted by Gasteiger charge is 2.24. The van der Waals surface area contributed by atoms with Gasteiger partial charge in [-0.1, -0.05) is 61.4 Å². The van der Waals surface area contributed by atoms with Crippen LogP contribution in [0, 0.1) is 0 Å². The maximum absolute atomic E-state index is 6.14. The van der Waals surface area contributed by atoms with Gasteiger partial charge in [0, 0.05) is 4.83 Å². The molecule has 16 heavy (non-hydrogen) atoms. The van der Waals surface area contributed by atoms with Crippen molar-refractivity contribution in [1.29, 1.82) is 0 Å². The minimum Gasteiger partial charge on any atom is -0.374 e. The SMILES string of the molecule is CCCCCCC(C)OC1CCCCC1Br. The Labute approximate surface area is 109 Å². The number of alkyl halides is 1. The summed E-state index contributed by atoms with van der Waals surface area (Å²) in [5, 5.41) is 0. The fraction of sp³-hybridized carbons (Fsp3) is 1.00. The first-order valence-electron chi connectivity index (χ1n) is 7.03. The number of ether oxygens (including phenoxy) is 1. The van der Waals surface area contributed by atoms with Crippen LogP contribution in [0.2, 0.25) is 0 Å². The summed E-state index contributed by atoms with van der Waals surface area (Å²) in [7, 11) is 0. The minimum absolute atomic E-state index is 0.444. The highest BCUT2D eigenvalue weighted by molar-refractivity contribution is 9.09. The molecule has 1 saturated carbocycles. The third kappa shape index (κ3) is 5.67. The molecular formula is C14H27BrO. The third-order valence-corrected chi connectivity index (χ3v) is 4.54. The molecule has 0 aromatic heterocycles. The van der Waals surface area contributed by atoms with Gasteiger partial charge in [0.15, 0.2) is 0 Å². The first kappa shape index (κ1) is 14.5. The first-order valence-corrected chi connectivity index (χ1v) is 7.95. The van der Waals surface area contributed by atoms with Crippen LogP contribution in [0.15, 0.2) is 0 Å². The first-order chi connectivity index (χ1) is 7.74. The summed E-state index contributed by atoms with van der Waals surface area (Å²) in [4.78, 5) is 0.597. The molecule has 0 aromatic rings. The molecule has 1 nitrogen and oxygen atoms in total. The lowest BCUT2D eigenvalue weighted by molar-refractivity contribution is -0.0203. The number of hydrogen-bond acceptors (Lipinski definition) is 1. The van der Waals surface area contributed by atoms with Crippen molar-refractivity contribution in [1.82, 2.24) is 0 Å². The molecule has 0 spiro atoms. The number of rotatable bonds is 7. The molecule has 0 saturated heterocycles. The van der Waals surface area contributed by atoms with Crippen LogP contribution in [0.1, 0.15) is 71.6 Å². The van der Waals surface area contributed by atoms with Crippen LogP contribution in [0.3, 0.4) is 0 Å². The van der Waals surface area contributed by atoms with E-state index in [1.165, 1.54) is 57.8 Å². The van der Waals surface area contributed by atoms with Crippen LogP contribution >= 0.6 is 15.9 Å². The van der Waals surface area contributed by atoms with E-state index < -0.39 is 0 Å². The lowest BCUT2D eigenvalue weighted by Crippen LogP contribution is -2.31.